The van der Waals surface area contributed by atoms with E-state index in [0.29, 0.717) is 0 Å². The standard InChI is InChI=1S/C18H21NO2/c1-3-8-17(14-9-5-4-6-10-14)18(20)19-15-11-7-12-16(13-15)21-2/h4-7,9-13,17H,3,8H2,1-2H3,(H,19,20). The predicted octanol–water partition coefficient (Wildman–Crippen LogP) is 4.22. The minimum absolute atomic E-state index is 0.0244. The van der Waals surface area contributed by atoms with Crippen molar-refractivity contribution in [3.63, 3.8) is 0 Å². The van der Waals surface area contributed by atoms with Gasteiger partial charge in [-0.25, -0.2) is 0 Å². The van der Waals surface area contributed by atoms with E-state index in [1.807, 2.05) is 54.6 Å². The molecule has 0 aliphatic rings. The van der Waals surface area contributed by atoms with E-state index in [1.54, 1.807) is 7.11 Å². The Morgan fingerprint density at radius 3 is 2.57 bits per heavy atom. The van der Waals surface area contributed by atoms with E-state index in [-0.39, 0.29) is 11.8 Å². The van der Waals surface area contributed by atoms with Gasteiger partial charge in [-0.1, -0.05) is 49.7 Å². The highest BCUT2D eigenvalue weighted by Gasteiger charge is 2.19. The average Bonchev–Trinajstić information content (AvgIpc) is 2.53. The maximum atomic E-state index is 12.6. The summed E-state index contributed by atoms with van der Waals surface area (Å²) in [6.45, 7) is 2.09. The Morgan fingerprint density at radius 1 is 1.14 bits per heavy atom. The molecule has 0 saturated carbocycles. The summed E-state index contributed by atoms with van der Waals surface area (Å²) in [5, 5.41) is 2.98. The summed E-state index contributed by atoms with van der Waals surface area (Å²) in [4.78, 5) is 12.6. The van der Waals surface area contributed by atoms with Crippen LogP contribution in [0, 0.1) is 0 Å². The van der Waals surface area contributed by atoms with Crippen LogP contribution in [0.3, 0.4) is 0 Å². The fraction of sp³-hybridized carbons (Fsp3) is 0.278. The molecule has 0 saturated heterocycles. The van der Waals surface area contributed by atoms with E-state index >= 15 is 0 Å². The van der Waals surface area contributed by atoms with Crippen molar-refractivity contribution in [1.29, 1.82) is 0 Å². The zero-order valence-corrected chi connectivity index (χ0v) is 12.5. The van der Waals surface area contributed by atoms with E-state index in [2.05, 4.69) is 12.2 Å². The lowest BCUT2D eigenvalue weighted by Crippen LogP contribution is -2.21. The van der Waals surface area contributed by atoms with Crippen molar-refractivity contribution in [2.45, 2.75) is 25.7 Å². The molecule has 0 bridgehead atoms. The molecule has 0 aromatic heterocycles. The van der Waals surface area contributed by atoms with Crippen LogP contribution in [0.1, 0.15) is 31.2 Å². The molecule has 0 spiro atoms. The molecule has 1 N–H and O–H groups in total. The molecule has 21 heavy (non-hydrogen) atoms. The molecule has 0 aliphatic carbocycles. The minimum Gasteiger partial charge on any atom is -0.497 e. The van der Waals surface area contributed by atoms with E-state index in [4.69, 9.17) is 4.74 Å². The Hall–Kier alpha value is -2.29. The monoisotopic (exact) mass is 283 g/mol. The maximum absolute atomic E-state index is 12.6. The van der Waals surface area contributed by atoms with Gasteiger partial charge in [0.05, 0.1) is 13.0 Å². The Labute approximate surface area is 126 Å². The van der Waals surface area contributed by atoms with Gasteiger partial charge in [0.1, 0.15) is 5.75 Å². The fourth-order valence-electron chi connectivity index (χ4n) is 2.35. The number of anilines is 1. The zero-order chi connectivity index (χ0) is 15.1. The van der Waals surface area contributed by atoms with E-state index in [1.165, 1.54) is 0 Å². The molecule has 1 unspecified atom stereocenters. The molecule has 0 heterocycles. The second-order valence-electron chi connectivity index (χ2n) is 4.97. The first-order chi connectivity index (χ1) is 10.2. The Balaban J connectivity index is 2.15. The molecule has 3 nitrogen and oxygen atoms in total. The third kappa shape index (κ3) is 4.09. The van der Waals surface area contributed by atoms with E-state index < -0.39 is 0 Å². The summed E-state index contributed by atoms with van der Waals surface area (Å²) < 4.78 is 5.18. The number of hydrogen-bond donors (Lipinski definition) is 1. The van der Waals surface area contributed by atoms with Crippen LogP contribution < -0.4 is 10.1 Å². The van der Waals surface area contributed by atoms with Gasteiger partial charge in [-0.3, -0.25) is 4.79 Å². The molecule has 2 aromatic rings. The number of rotatable bonds is 6. The summed E-state index contributed by atoms with van der Waals surface area (Å²) in [6, 6.07) is 17.3. The van der Waals surface area contributed by atoms with Crippen LogP contribution in [0.5, 0.6) is 5.75 Å². The molecule has 1 amide bonds. The molecular formula is C18H21NO2. The lowest BCUT2D eigenvalue weighted by atomic mass is 9.93. The molecule has 3 heteroatoms. The number of benzene rings is 2. The second-order valence-corrected chi connectivity index (χ2v) is 4.97. The van der Waals surface area contributed by atoms with Crippen LogP contribution >= 0.6 is 0 Å². The molecule has 0 fully saturated rings. The van der Waals surface area contributed by atoms with E-state index in [9.17, 15) is 4.79 Å². The Kier molecular flexibility index (Phi) is 5.38. The number of carbonyl (C=O) groups excluding carboxylic acids is 1. The number of ether oxygens (including phenoxy) is 1. The lowest BCUT2D eigenvalue weighted by molar-refractivity contribution is -0.117. The topological polar surface area (TPSA) is 38.3 Å². The average molecular weight is 283 g/mol. The van der Waals surface area contributed by atoms with Crippen molar-refractivity contribution in [3.8, 4) is 5.75 Å². The van der Waals surface area contributed by atoms with Crippen LogP contribution in [0.25, 0.3) is 0 Å². The van der Waals surface area contributed by atoms with Crippen LogP contribution in [0.2, 0.25) is 0 Å². The van der Waals surface area contributed by atoms with Gasteiger partial charge in [-0.2, -0.15) is 0 Å². The van der Waals surface area contributed by atoms with Gasteiger partial charge in [-0.15, -0.1) is 0 Å². The molecule has 2 aromatic carbocycles. The van der Waals surface area contributed by atoms with Crippen LogP contribution in [0.15, 0.2) is 54.6 Å². The van der Waals surface area contributed by atoms with Gasteiger partial charge < -0.3 is 10.1 Å². The van der Waals surface area contributed by atoms with Gasteiger partial charge >= 0.3 is 0 Å². The third-order valence-corrected chi connectivity index (χ3v) is 3.43. The SMILES string of the molecule is CCCC(C(=O)Nc1cccc(OC)c1)c1ccccc1. The number of methoxy groups -OCH3 is 1. The number of carbonyl (C=O) groups is 1. The highest BCUT2D eigenvalue weighted by Crippen LogP contribution is 2.24. The Morgan fingerprint density at radius 2 is 1.90 bits per heavy atom. The number of nitrogens with one attached hydrogen (secondary N) is 1. The van der Waals surface area contributed by atoms with Crippen molar-refractivity contribution < 1.29 is 9.53 Å². The molecule has 110 valence electrons. The molecule has 2 rings (SSSR count). The van der Waals surface area contributed by atoms with Crippen molar-refractivity contribution in [1.82, 2.24) is 0 Å². The van der Waals surface area contributed by atoms with Gasteiger partial charge in [0.2, 0.25) is 5.91 Å². The summed E-state index contributed by atoms with van der Waals surface area (Å²) in [7, 11) is 1.62. The summed E-state index contributed by atoms with van der Waals surface area (Å²) in [5.74, 6) is 0.637. The van der Waals surface area contributed by atoms with Crippen molar-refractivity contribution >= 4 is 11.6 Å². The first-order valence-electron chi connectivity index (χ1n) is 7.24. The van der Waals surface area contributed by atoms with Crippen LogP contribution in [0.4, 0.5) is 5.69 Å². The van der Waals surface area contributed by atoms with Crippen molar-refractivity contribution in [2.75, 3.05) is 12.4 Å². The number of hydrogen-bond acceptors (Lipinski definition) is 2. The van der Waals surface area contributed by atoms with Gasteiger partial charge in [0.25, 0.3) is 0 Å². The Bertz CT molecular complexity index is 581. The highest BCUT2D eigenvalue weighted by molar-refractivity contribution is 5.96. The van der Waals surface area contributed by atoms with Crippen molar-refractivity contribution in [3.05, 3.63) is 60.2 Å². The third-order valence-electron chi connectivity index (χ3n) is 3.43. The minimum atomic E-state index is -0.123. The molecule has 1 atom stereocenters. The first kappa shape index (κ1) is 15.1. The number of amides is 1. The van der Waals surface area contributed by atoms with E-state index in [0.717, 1.165) is 29.8 Å². The fourth-order valence-corrected chi connectivity index (χ4v) is 2.35. The summed E-state index contributed by atoms with van der Waals surface area (Å²) >= 11 is 0. The molecule has 0 aliphatic heterocycles. The largest absolute Gasteiger partial charge is 0.497 e. The summed E-state index contributed by atoms with van der Waals surface area (Å²) in [6.07, 6.45) is 1.80. The van der Waals surface area contributed by atoms with Crippen LogP contribution in [-0.4, -0.2) is 13.0 Å². The quantitative estimate of drug-likeness (QED) is 0.862. The first-order valence-corrected chi connectivity index (χ1v) is 7.24. The van der Waals surface area contributed by atoms with Crippen molar-refractivity contribution in [2.24, 2.45) is 0 Å². The van der Waals surface area contributed by atoms with Gasteiger partial charge in [-0.05, 0) is 24.1 Å². The summed E-state index contributed by atoms with van der Waals surface area (Å²) in [5.41, 5.74) is 1.82. The highest BCUT2D eigenvalue weighted by atomic mass is 16.5. The lowest BCUT2D eigenvalue weighted by Gasteiger charge is -2.17. The second kappa shape index (κ2) is 7.48. The molecular weight excluding hydrogens is 262 g/mol. The van der Waals surface area contributed by atoms with Gasteiger partial charge in [0.15, 0.2) is 0 Å². The zero-order valence-electron chi connectivity index (χ0n) is 12.5. The normalized spacial score (nSPS) is 11.7. The van der Waals surface area contributed by atoms with Gasteiger partial charge in [0, 0.05) is 11.8 Å². The smallest absolute Gasteiger partial charge is 0.231 e. The van der Waals surface area contributed by atoms with Crippen LogP contribution in [-0.2, 0) is 4.79 Å². The predicted molar refractivity (Wildman–Crippen MR) is 85.7 cm³/mol. The molecule has 0 radical (unpaired) electrons. The maximum Gasteiger partial charge on any atom is 0.231 e.